The van der Waals surface area contributed by atoms with Gasteiger partial charge in [0.25, 0.3) is 0 Å². The Bertz CT molecular complexity index is 529. The number of hydrogen-bond acceptors (Lipinski definition) is 2. The summed E-state index contributed by atoms with van der Waals surface area (Å²) in [6.45, 7) is 13.5. The van der Waals surface area contributed by atoms with Gasteiger partial charge in [-0.3, -0.25) is 4.79 Å². The predicted molar refractivity (Wildman–Crippen MR) is 86.9 cm³/mol. The van der Waals surface area contributed by atoms with Gasteiger partial charge < -0.3 is 4.74 Å². The molecule has 0 fully saturated rings. The first-order valence-corrected chi connectivity index (χ1v) is 7.88. The van der Waals surface area contributed by atoms with Crippen LogP contribution in [0, 0.1) is 10.8 Å². The largest absolute Gasteiger partial charge is 0.493 e. The summed E-state index contributed by atoms with van der Waals surface area (Å²) in [5, 5.41) is 0. The van der Waals surface area contributed by atoms with Gasteiger partial charge in [-0.2, -0.15) is 0 Å². The van der Waals surface area contributed by atoms with Gasteiger partial charge in [0, 0.05) is 18.3 Å². The highest BCUT2D eigenvalue weighted by atomic mass is 16.5. The van der Waals surface area contributed by atoms with Crippen molar-refractivity contribution in [3.63, 3.8) is 0 Å². The average molecular weight is 288 g/mol. The van der Waals surface area contributed by atoms with Crippen LogP contribution in [0.3, 0.4) is 0 Å². The molecule has 1 aliphatic rings. The minimum Gasteiger partial charge on any atom is -0.493 e. The van der Waals surface area contributed by atoms with E-state index in [1.54, 1.807) is 0 Å². The van der Waals surface area contributed by atoms with Crippen LogP contribution in [0.15, 0.2) is 18.2 Å². The molecule has 0 radical (unpaired) electrons. The lowest BCUT2D eigenvalue weighted by Gasteiger charge is -2.33. The highest BCUT2D eigenvalue weighted by Gasteiger charge is 2.32. The third kappa shape index (κ3) is 3.66. The van der Waals surface area contributed by atoms with E-state index in [2.05, 4.69) is 39.0 Å². The molecule has 2 heteroatoms. The lowest BCUT2D eigenvalue weighted by molar-refractivity contribution is -0.127. The van der Waals surface area contributed by atoms with Gasteiger partial charge in [-0.05, 0) is 28.5 Å². The Morgan fingerprint density at radius 2 is 1.86 bits per heavy atom. The summed E-state index contributed by atoms with van der Waals surface area (Å²) in [5.41, 5.74) is 2.34. The second-order valence-corrected chi connectivity index (χ2v) is 8.26. The highest BCUT2D eigenvalue weighted by molar-refractivity contribution is 5.84. The first-order chi connectivity index (χ1) is 9.59. The Balaban J connectivity index is 2.31. The molecule has 2 nitrogen and oxygen atoms in total. The Labute approximate surface area is 128 Å². The SMILES string of the molecule is CC(C)(C)C(=O)CC(c1ccc2c(c1)CCO2)C(C)(C)C. The van der Waals surface area contributed by atoms with E-state index >= 15 is 0 Å². The molecule has 1 aliphatic heterocycles. The van der Waals surface area contributed by atoms with E-state index in [-0.39, 0.29) is 16.7 Å². The Kier molecular flexibility index (Phi) is 4.19. The van der Waals surface area contributed by atoms with Gasteiger partial charge in [0.2, 0.25) is 0 Å². The van der Waals surface area contributed by atoms with Crippen LogP contribution in [-0.4, -0.2) is 12.4 Å². The van der Waals surface area contributed by atoms with Crippen LogP contribution in [0.25, 0.3) is 0 Å². The van der Waals surface area contributed by atoms with Gasteiger partial charge in [0.05, 0.1) is 6.61 Å². The van der Waals surface area contributed by atoms with Crippen LogP contribution in [0.5, 0.6) is 5.75 Å². The van der Waals surface area contributed by atoms with Crippen molar-refractivity contribution < 1.29 is 9.53 Å². The zero-order valence-corrected chi connectivity index (χ0v) is 14.2. The molecule has 1 aromatic carbocycles. The van der Waals surface area contributed by atoms with E-state index in [1.165, 1.54) is 11.1 Å². The minimum atomic E-state index is -0.274. The molecule has 0 saturated carbocycles. The highest BCUT2D eigenvalue weighted by Crippen LogP contribution is 2.41. The van der Waals surface area contributed by atoms with Crippen LogP contribution in [0.1, 0.15) is 65.0 Å². The lowest BCUT2D eigenvalue weighted by atomic mass is 9.71. The zero-order chi connectivity index (χ0) is 15.8. The standard InChI is InChI=1S/C19H28O2/c1-18(2,3)15(12-17(20)19(4,5)6)13-7-8-16-14(11-13)9-10-21-16/h7-8,11,15H,9-10,12H2,1-6H3. The lowest BCUT2D eigenvalue weighted by Crippen LogP contribution is -2.27. The summed E-state index contributed by atoms with van der Waals surface area (Å²) in [7, 11) is 0. The summed E-state index contributed by atoms with van der Waals surface area (Å²) >= 11 is 0. The van der Waals surface area contributed by atoms with Crippen LogP contribution in [0.4, 0.5) is 0 Å². The van der Waals surface area contributed by atoms with Gasteiger partial charge >= 0.3 is 0 Å². The molecule has 0 spiro atoms. The van der Waals surface area contributed by atoms with E-state index in [0.717, 1.165) is 18.8 Å². The average Bonchev–Trinajstić information content (AvgIpc) is 2.79. The molecule has 0 amide bonds. The number of carbonyl (C=O) groups is 1. The normalized spacial score (nSPS) is 16.3. The third-order valence-electron chi connectivity index (χ3n) is 4.39. The molecule has 0 aromatic heterocycles. The molecule has 0 bridgehead atoms. The summed E-state index contributed by atoms with van der Waals surface area (Å²) in [6.07, 6.45) is 1.58. The van der Waals surface area contributed by atoms with Crippen molar-refractivity contribution in [2.24, 2.45) is 10.8 Å². The smallest absolute Gasteiger partial charge is 0.138 e. The molecular weight excluding hydrogens is 260 g/mol. The number of fused-ring (bicyclic) bond motifs is 1. The second kappa shape index (κ2) is 5.47. The van der Waals surface area contributed by atoms with Crippen molar-refractivity contribution in [1.29, 1.82) is 0 Å². The molecular formula is C19H28O2. The number of carbonyl (C=O) groups excluding carboxylic acids is 1. The number of ketones is 1. The monoisotopic (exact) mass is 288 g/mol. The van der Waals surface area contributed by atoms with Crippen molar-refractivity contribution in [2.75, 3.05) is 6.61 Å². The predicted octanol–water partition coefficient (Wildman–Crippen LogP) is 4.76. The Morgan fingerprint density at radius 1 is 1.19 bits per heavy atom. The Morgan fingerprint density at radius 3 is 2.43 bits per heavy atom. The van der Waals surface area contributed by atoms with E-state index < -0.39 is 0 Å². The number of ether oxygens (including phenoxy) is 1. The van der Waals surface area contributed by atoms with Crippen molar-refractivity contribution in [1.82, 2.24) is 0 Å². The van der Waals surface area contributed by atoms with Gasteiger partial charge in [-0.15, -0.1) is 0 Å². The fourth-order valence-corrected chi connectivity index (χ4v) is 2.84. The van der Waals surface area contributed by atoms with Gasteiger partial charge in [-0.1, -0.05) is 53.7 Å². The van der Waals surface area contributed by atoms with Crippen LogP contribution in [-0.2, 0) is 11.2 Å². The maximum absolute atomic E-state index is 12.5. The summed E-state index contributed by atoms with van der Waals surface area (Å²) < 4.78 is 5.59. The third-order valence-corrected chi connectivity index (χ3v) is 4.39. The number of Topliss-reactive ketones (excluding diaryl/α,β-unsaturated/α-hetero) is 1. The summed E-state index contributed by atoms with van der Waals surface area (Å²) in [5.74, 6) is 1.59. The van der Waals surface area contributed by atoms with Crippen LogP contribution >= 0.6 is 0 Å². The van der Waals surface area contributed by atoms with Gasteiger partial charge in [0.1, 0.15) is 11.5 Å². The topological polar surface area (TPSA) is 26.3 Å². The first kappa shape index (κ1) is 16.1. The molecule has 1 atom stereocenters. The maximum Gasteiger partial charge on any atom is 0.138 e. The first-order valence-electron chi connectivity index (χ1n) is 7.88. The zero-order valence-electron chi connectivity index (χ0n) is 14.2. The summed E-state index contributed by atoms with van der Waals surface area (Å²) in [6, 6.07) is 6.45. The fourth-order valence-electron chi connectivity index (χ4n) is 2.84. The van der Waals surface area contributed by atoms with E-state index in [9.17, 15) is 4.79 Å². The van der Waals surface area contributed by atoms with Gasteiger partial charge in [0.15, 0.2) is 0 Å². The Hall–Kier alpha value is -1.31. The molecule has 116 valence electrons. The van der Waals surface area contributed by atoms with Gasteiger partial charge in [-0.25, -0.2) is 0 Å². The quantitative estimate of drug-likeness (QED) is 0.801. The molecule has 1 aromatic rings. The number of hydrogen-bond donors (Lipinski definition) is 0. The fraction of sp³-hybridized carbons (Fsp3) is 0.632. The number of benzene rings is 1. The summed E-state index contributed by atoms with van der Waals surface area (Å²) in [4.78, 5) is 12.5. The van der Waals surface area contributed by atoms with Crippen molar-refractivity contribution in [3.8, 4) is 5.75 Å². The minimum absolute atomic E-state index is 0.0641. The molecule has 1 heterocycles. The molecule has 0 aliphatic carbocycles. The van der Waals surface area contributed by atoms with Crippen molar-refractivity contribution >= 4 is 5.78 Å². The molecule has 0 N–H and O–H groups in total. The van der Waals surface area contributed by atoms with Crippen LogP contribution in [0.2, 0.25) is 0 Å². The van der Waals surface area contributed by atoms with Crippen LogP contribution < -0.4 is 4.74 Å². The van der Waals surface area contributed by atoms with E-state index in [0.29, 0.717) is 12.2 Å². The molecule has 0 saturated heterocycles. The van der Waals surface area contributed by atoms with Crippen molar-refractivity contribution in [3.05, 3.63) is 29.3 Å². The van der Waals surface area contributed by atoms with E-state index in [4.69, 9.17) is 4.74 Å². The molecule has 21 heavy (non-hydrogen) atoms. The van der Waals surface area contributed by atoms with Crippen molar-refractivity contribution in [2.45, 2.75) is 60.3 Å². The van der Waals surface area contributed by atoms with E-state index in [1.807, 2.05) is 20.8 Å². The maximum atomic E-state index is 12.5. The second-order valence-electron chi connectivity index (χ2n) is 8.26. The number of rotatable bonds is 3. The molecule has 2 rings (SSSR count). The molecule has 1 unspecified atom stereocenters.